The Kier molecular flexibility index (Phi) is 4.17. The molecule has 4 N–H and O–H groups in total. The van der Waals surface area contributed by atoms with Gasteiger partial charge in [-0.1, -0.05) is 12.1 Å². The van der Waals surface area contributed by atoms with Crippen molar-refractivity contribution in [2.24, 2.45) is 5.84 Å². The molecular formula is C13H19N3O2. The molecule has 0 radical (unpaired) electrons. The molecule has 1 amide bonds. The summed E-state index contributed by atoms with van der Waals surface area (Å²) in [5.74, 6) is 5.30. The van der Waals surface area contributed by atoms with Gasteiger partial charge in [0.2, 0.25) is 0 Å². The van der Waals surface area contributed by atoms with Crippen LogP contribution in [0.5, 0.6) is 0 Å². The number of amides is 1. The van der Waals surface area contributed by atoms with E-state index in [9.17, 15) is 4.79 Å². The van der Waals surface area contributed by atoms with E-state index in [0.29, 0.717) is 17.9 Å². The first-order valence-corrected chi connectivity index (χ1v) is 6.19. The first kappa shape index (κ1) is 12.9. The van der Waals surface area contributed by atoms with Gasteiger partial charge in [0.1, 0.15) is 0 Å². The number of hydrazine groups is 1. The van der Waals surface area contributed by atoms with E-state index in [1.807, 2.05) is 19.1 Å². The maximum Gasteiger partial charge on any atom is 0.253 e. The zero-order valence-corrected chi connectivity index (χ0v) is 10.5. The van der Waals surface area contributed by atoms with Gasteiger partial charge in [-0.15, -0.1) is 0 Å². The smallest absolute Gasteiger partial charge is 0.253 e. The van der Waals surface area contributed by atoms with Gasteiger partial charge in [0.25, 0.3) is 5.91 Å². The van der Waals surface area contributed by atoms with Crippen LogP contribution in [0, 0.1) is 0 Å². The van der Waals surface area contributed by atoms with E-state index in [4.69, 9.17) is 10.6 Å². The van der Waals surface area contributed by atoms with Crippen molar-refractivity contribution in [2.45, 2.75) is 31.9 Å². The molecule has 0 aliphatic carbocycles. The summed E-state index contributed by atoms with van der Waals surface area (Å²) >= 11 is 0. The fraction of sp³-hybridized carbons (Fsp3) is 0.462. The van der Waals surface area contributed by atoms with Gasteiger partial charge in [0.15, 0.2) is 0 Å². The maximum absolute atomic E-state index is 12.2. The third-order valence-corrected chi connectivity index (χ3v) is 3.15. The minimum absolute atomic E-state index is 0.0948. The van der Waals surface area contributed by atoms with E-state index in [2.05, 4.69) is 10.7 Å². The number of nitrogens with one attached hydrogen (secondary N) is 2. The van der Waals surface area contributed by atoms with Crippen molar-refractivity contribution in [3.63, 3.8) is 0 Å². The van der Waals surface area contributed by atoms with Gasteiger partial charge in [-0.05, 0) is 31.9 Å². The second kappa shape index (κ2) is 5.84. The molecule has 2 atom stereocenters. The summed E-state index contributed by atoms with van der Waals surface area (Å²) in [5, 5.41) is 3.03. The first-order valence-electron chi connectivity index (χ1n) is 6.19. The number of carbonyl (C=O) groups excluding carboxylic acids is 1. The molecule has 1 saturated heterocycles. The molecule has 1 aromatic carbocycles. The SMILES string of the molecule is CC1CC(NC(=O)c2ccccc2NN)CCO1. The van der Waals surface area contributed by atoms with E-state index in [-0.39, 0.29) is 18.1 Å². The largest absolute Gasteiger partial charge is 0.378 e. The van der Waals surface area contributed by atoms with Gasteiger partial charge in [0, 0.05) is 12.6 Å². The Bertz CT molecular complexity index is 422. The Labute approximate surface area is 107 Å². The number of rotatable bonds is 3. The van der Waals surface area contributed by atoms with Crippen molar-refractivity contribution in [3.05, 3.63) is 29.8 Å². The fourth-order valence-electron chi connectivity index (χ4n) is 2.20. The van der Waals surface area contributed by atoms with Gasteiger partial charge in [-0.3, -0.25) is 10.6 Å². The standard InChI is InChI=1S/C13H19N3O2/c1-9-8-10(6-7-18-9)15-13(17)11-4-2-3-5-12(11)16-14/h2-5,9-10,16H,6-8,14H2,1H3,(H,15,17). The molecule has 2 unspecified atom stereocenters. The lowest BCUT2D eigenvalue weighted by Crippen LogP contribution is -2.41. The molecule has 5 heteroatoms. The Morgan fingerprint density at radius 2 is 2.22 bits per heavy atom. The molecule has 98 valence electrons. The molecule has 0 bridgehead atoms. The number of para-hydroxylation sites is 1. The Hall–Kier alpha value is -1.59. The Morgan fingerprint density at radius 3 is 2.94 bits per heavy atom. The average molecular weight is 249 g/mol. The van der Waals surface area contributed by atoms with Crippen molar-refractivity contribution < 1.29 is 9.53 Å². The molecule has 1 aromatic rings. The van der Waals surface area contributed by atoms with Crippen LogP contribution >= 0.6 is 0 Å². The van der Waals surface area contributed by atoms with Crippen LogP contribution in [0.1, 0.15) is 30.1 Å². The van der Waals surface area contributed by atoms with E-state index in [0.717, 1.165) is 12.8 Å². The highest BCUT2D eigenvalue weighted by Gasteiger charge is 2.22. The summed E-state index contributed by atoms with van der Waals surface area (Å²) < 4.78 is 5.46. The van der Waals surface area contributed by atoms with Crippen LogP contribution in [-0.2, 0) is 4.74 Å². The third-order valence-electron chi connectivity index (χ3n) is 3.15. The lowest BCUT2D eigenvalue weighted by molar-refractivity contribution is 0.0137. The molecule has 5 nitrogen and oxygen atoms in total. The van der Waals surface area contributed by atoms with Crippen LogP contribution in [0.4, 0.5) is 5.69 Å². The number of carbonyl (C=O) groups is 1. The van der Waals surface area contributed by atoms with Crippen molar-refractivity contribution in [3.8, 4) is 0 Å². The zero-order valence-electron chi connectivity index (χ0n) is 10.5. The number of hydrogen-bond donors (Lipinski definition) is 3. The molecule has 1 aliphatic heterocycles. The summed E-state index contributed by atoms with van der Waals surface area (Å²) in [6.45, 7) is 2.72. The molecule has 1 fully saturated rings. The van der Waals surface area contributed by atoms with Crippen molar-refractivity contribution >= 4 is 11.6 Å². The Morgan fingerprint density at radius 1 is 1.44 bits per heavy atom. The summed E-state index contributed by atoms with van der Waals surface area (Å²) in [4.78, 5) is 12.2. The third kappa shape index (κ3) is 3.00. The molecule has 0 saturated carbocycles. The molecule has 18 heavy (non-hydrogen) atoms. The van der Waals surface area contributed by atoms with E-state index in [1.54, 1.807) is 12.1 Å². The fourth-order valence-corrected chi connectivity index (χ4v) is 2.20. The van der Waals surface area contributed by atoms with Gasteiger partial charge < -0.3 is 15.5 Å². The van der Waals surface area contributed by atoms with Crippen LogP contribution in [0.3, 0.4) is 0 Å². The summed E-state index contributed by atoms with van der Waals surface area (Å²) in [6.07, 6.45) is 1.91. The first-order chi connectivity index (χ1) is 8.70. The lowest BCUT2D eigenvalue weighted by Gasteiger charge is -2.28. The van der Waals surface area contributed by atoms with Crippen LogP contribution in [0.15, 0.2) is 24.3 Å². The predicted octanol–water partition coefficient (Wildman–Crippen LogP) is 1.27. The van der Waals surface area contributed by atoms with Crippen LogP contribution < -0.4 is 16.6 Å². The van der Waals surface area contributed by atoms with Crippen molar-refractivity contribution in [1.29, 1.82) is 0 Å². The number of hydrogen-bond acceptors (Lipinski definition) is 4. The Balaban J connectivity index is 2.03. The van der Waals surface area contributed by atoms with Crippen LogP contribution in [0.25, 0.3) is 0 Å². The van der Waals surface area contributed by atoms with E-state index in [1.165, 1.54) is 0 Å². The molecule has 1 heterocycles. The molecular weight excluding hydrogens is 230 g/mol. The molecule has 0 aromatic heterocycles. The van der Waals surface area contributed by atoms with Crippen molar-refractivity contribution in [2.75, 3.05) is 12.0 Å². The van der Waals surface area contributed by atoms with Gasteiger partial charge in [-0.2, -0.15) is 0 Å². The molecule has 0 spiro atoms. The minimum Gasteiger partial charge on any atom is -0.378 e. The minimum atomic E-state index is -0.0948. The second-order valence-corrected chi connectivity index (χ2v) is 4.57. The number of benzene rings is 1. The maximum atomic E-state index is 12.2. The van der Waals surface area contributed by atoms with Gasteiger partial charge in [-0.25, -0.2) is 0 Å². The number of nitrogens with two attached hydrogens (primary N) is 1. The zero-order chi connectivity index (χ0) is 13.0. The van der Waals surface area contributed by atoms with E-state index < -0.39 is 0 Å². The summed E-state index contributed by atoms with van der Waals surface area (Å²) in [7, 11) is 0. The van der Waals surface area contributed by atoms with Gasteiger partial charge in [0.05, 0.1) is 17.4 Å². The molecule has 1 aliphatic rings. The van der Waals surface area contributed by atoms with Crippen molar-refractivity contribution in [1.82, 2.24) is 5.32 Å². The summed E-state index contributed by atoms with van der Waals surface area (Å²) in [5.41, 5.74) is 3.74. The number of ether oxygens (including phenoxy) is 1. The highest BCUT2D eigenvalue weighted by atomic mass is 16.5. The number of nitrogen functional groups attached to an aromatic ring is 1. The monoisotopic (exact) mass is 249 g/mol. The second-order valence-electron chi connectivity index (χ2n) is 4.57. The van der Waals surface area contributed by atoms with Crippen LogP contribution in [0.2, 0.25) is 0 Å². The highest BCUT2D eigenvalue weighted by Crippen LogP contribution is 2.17. The normalized spacial score (nSPS) is 23.4. The summed E-state index contributed by atoms with van der Waals surface area (Å²) in [6, 6.07) is 7.37. The van der Waals surface area contributed by atoms with E-state index >= 15 is 0 Å². The quantitative estimate of drug-likeness (QED) is 0.557. The lowest BCUT2D eigenvalue weighted by atomic mass is 10.0. The van der Waals surface area contributed by atoms with Gasteiger partial charge >= 0.3 is 0 Å². The van der Waals surface area contributed by atoms with Crippen LogP contribution in [-0.4, -0.2) is 24.7 Å². The molecule has 2 rings (SSSR count). The average Bonchev–Trinajstić information content (AvgIpc) is 2.38. The highest BCUT2D eigenvalue weighted by molar-refractivity contribution is 5.99. The number of anilines is 1. The predicted molar refractivity (Wildman–Crippen MR) is 70.2 cm³/mol. The topological polar surface area (TPSA) is 76.4 Å².